The van der Waals surface area contributed by atoms with Gasteiger partial charge in [-0.15, -0.1) is 24.0 Å². The van der Waals surface area contributed by atoms with Gasteiger partial charge >= 0.3 is 0 Å². The summed E-state index contributed by atoms with van der Waals surface area (Å²) in [6, 6.07) is 6.65. The lowest BCUT2D eigenvalue weighted by Gasteiger charge is -2.22. The lowest BCUT2D eigenvalue weighted by atomic mass is 10.2. The third-order valence-electron chi connectivity index (χ3n) is 3.74. The number of aliphatic imine (C=N–C) groups is 1. The molecule has 0 spiro atoms. The number of hydrogen-bond acceptors (Lipinski definition) is 2. The van der Waals surface area contributed by atoms with Crippen LogP contribution >= 0.6 is 24.0 Å². The largest absolute Gasteiger partial charge is 0.357 e. The van der Waals surface area contributed by atoms with Crippen molar-refractivity contribution < 1.29 is 4.39 Å². The fraction of sp³-hybridized carbons (Fsp3) is 0.474. The highest BCUT2D eigenvalue weighted by molar-refractivity contribution is 14.0. The Morgan fingerprint density at radius 3 is 2.81 bits per heavy atom. The van der Waals surface area contributed by atoms with Crippen molar-refractivity contribution in [2.45, 2.75) is 40.4 Å². The maximum absolute atomic E-state index is 13.4. The van der Waals surface area contributed by atoms with Gasteiger partial charge in [0.1, 0.15) is 18.2 Å². The van der Waals surface area contributed by atoms with E-state index >= 15 is 0 Å². The SMILES string of the molecule is CCNC(=NCc1nccn1CC(C)C)N(C)Cc1cccc(F)c1.I. The maximum atomic E-state index is 13.4. The normalized spacial score (nSPS) is 11.4. The van der Waals surface area contributed by atoms with Crippen molar-refractivity contribution in [3.63, 3.8) is 0 Å². The molecule has 1 aromatic heterocycles. The van der Waals surface area contributed by atoms with Crippen LogP contribution < -0.4 is 5.32 Å². The van der Waals surface area contributed by atoms with Gasteiger partial charge in [-0.1, -0.05) is 26.0 Å². The summed E-state index contributed by atoms with van der Waals surface area (Å²) in [5.41, 5.74) is 0.911. The average Bonchev–Trinajstić information content (AvgIpc) is 2.97. The topological polar surface area (TPSA) is 45.5 Å². The molecule has 0 radical (unpaired) electrons. The van der Waals surface area contributed by atoms with Crippen LogP contribution in [0.3, 0.4) is 0 Å². The number of hydrogen-bond donors (Lipinski definition) is 1. The van der Waals surface area contributed by atoms with Gasteiger partial charge < -0.3 is 14.8 Å². The van der Waals surface area contributed by atoms with Gasteiger partial charge in [0, 0.05) is 39.1 Å². The second-order valence-corrected chi connectivity index (χ2v) is 6.55. The Labute approximate surface area is 172 Å². The fourth-order valence-corrected chi connectivity index (χ4v) is 2.65. The Hall–Kier alpha value is -1.64. The molecule has 0 aliphatic heterocycles. The molecule has 5 nitrogen and oxygen atoms in total. The summed E-state index contributed by atoms with van der Waals surface area (Å²) in [7, 11) is 1.95. The molecule has 0 saturated heterocycles. The van der Waals surface area contributed by atoms with Gasteiger partial charge in [-0.25, -0.2) is 14.4 Å². The number of imidazole rings is 1. The first-order valence-corrected chi connectivity index (χ1v) is 8.73. The smallest absolute Gasteiger partial charge is 0.194 e. The summed E-state index contributed by atoms with van der Waals surface area (Å²) in [5.74, 6) is 2.07. The number of benzene rings is 1. The molecule has 0 bridgehead atoms. The van der Waals surface area contributed by atoms with Crippen LogP contribution in [0.1, 0.15) is 32.2 Å². The Morgan fingerprint density at radius 1 is 1.38 bits per heavy atom. The summed E-state index contributed by atoms with van der Waals surface area (Å²) in [6.45, 7) is 9.20. The molecular formula is C19H29FIN5. The highest BCUT2D eigenvalue weighted by atomic mass is 127. The molecular weight excluding hydrogens is 444 g/mol. The van der Waals surface area contributed by atoms with E-state index in [1.165, 1.54) is 6.07 Å². The van der Waals surface area contributed by atoms with Gasteiger partial charge in [0.15, 0.2) is 5.96 Å². The number of aromatic nitrogens is 2. The second-order valence-electron chi connectivity index (χ2n) is 6.55. The van der Waals surface area contributed by atoms with Crippen LogP contribution in [0.4, 0.5) is 4.39 Å². The summed E-state index contributed by atoms with van der Waals surface area (Å²) in [4.78, 5) is 11.1. The van der Waals surface area contributed by atoms with E-state index in [0.29, 0.717) is 19.0 Å². The minimum absolute atomic E-state index is 0. The van der Waals surface area contributed by atoms with Crippen molar-refractivity contribution in [3.05, 3.63) is 53.9 Å². The molecule has 1 heterocycles. The van der Waals surface area contributed by atoms with E-state index in [9.17, 15) is 4.39 Å². The molecule has 0 atom stereocenters. The van der Waals surface area contributed by atoms with Gasteiger partial charge in [-0.3, -0.25) is 0 Å². The minimum atomic E-state index is -0.219. The number of halogens is 2. The van der Waals surface area contributed by atoms with Crippen LogP contribution in [0.25, 0.3) is 0 Å². The van der Waals surface area contributed by atoms with E-state index in [1.807, 2.05) is 37.3 Å². The molecule has 1 N–H and O–H groups in total. The first-order chi connectivity index (χ1) is 12.0. The number of guanidine groups is 1. The quantitative estimate of drug-likeness (QED) is 0.377. The molecule has 26 heavy (non-hydrogen) atoms. The highest BCUT2D eigenvalue weighted by Crippen LogP contribution is 2.08. The van der Waals surface area contributed by atoms with Crippen molar-refractivity contribution in [3.8, 4) is 0 Å². The molecule has 0 unspecified atom stereocenters. The van der Waals surface area contributed by atoms with E-state index < -0.39 is 0 Å². The highest BCUT2D eigenvalue weighted by Gasteiger charge is 2.09. The molecule has 0 amide bonds. The van der Waals surface area contributed by atoms with E-state index in [1.54, 1.807) is 12.1 Å². The molecule has 7 heteroatoms. The lowest BCUT2D eigenvalue weighted by molar-refractivity contribution is 0.472. The third kappa shape index (κ3) is 6.93. The Bertz CT molecular complexity index is 699. The van der Waals surface area contributed by atoms with E-state index in [2.05, 4.69) is 28.7 Å². The van der Waals surface area contributed by atoms with Crippen LogP contribution in [0.2, 0.25) is 0 Å². The first kappa shape index (κ1) is 22.4. The average molecular weight is 473 g/mol. The lowest BCUT2D eigenvalue weighted by Crippen LogP contribution is -2.38. The predicted molar refractivity (Wildman–Crippen MR) is 115 cm³/mol. The summed E-state index contributed by atoms with van der Waals surface area (Å²) in [6.07, 6.45) is 3.81. The van der Waals surface area contributed by atoms with Gasteiger partial charge in [0.2, 0.25) is 0 Å². The Kier molecular flexibility index (Phi) is 9.61. The summed E-state index contributed by atoms with van der Waals surface area (Å²) in [5, 5.41) is 3.29. The molecule has 2 rings (SSSR count). The molecule has 0 fully saturated rings. The zero-order chi connectivity index (χ0) is 18.2. The van der Waals surface area contributed by atoms with Gasteiger partial charge in [-0.05, 0) is 30.5 Å². The van der Waals surface area contributed by atoms with Crippen LogP contribution in [-0.4, -0.2) is 34.0 Å². The zero-order valence-corrected chi connectivity index (χ0v) is 18.3. The zero-order valence-electron chi connectivity index (χ0n) is 15.9. The van der Waals surface area contributed by atoms with Gasteiger partial charge in [0.05, 0.1) is 0 Å². The number of rotatable bonds is 7. The van der Waals surface area contributed by atoms with E-state index in [0.717, 1.165) is 30.4 Å². The maximum Gasteiger partial charge on any atom is 0.194 e. The molecule has 144 valence electrons. The Morgan fingerprint density at radius 2 is 2.15 bits per heavy atom. The van der Waals surface area contributed by atoms with Crippen molar-refractivity contribution in [1.82, 2.24) is 19.8 Å². The predicted octanol–water partition coefficient (Wildman–Crippen LogP) is 3.89. The molecule has 0 saturated carbocycles. The van der Waals surface area contributed by atoms with Crippen molar-refractivity contribution >= 4 is 29.9 Å². The monoisotopic (exact) mass is 473 g/mol. The van der Waals surface area contributed by atoms with Crippen LogP contribution in [0.15, 0.2) is 41.7 Å². The minimum Gasteiger partial charge on any atom is -0.357 e. The number of nitrogens with one attached hydrogen (secondary N) is 1. The van der Waals surface area contributed by atoms with Gasteiger partial charge in [0.25, 0.3) is 0 Å². The molecule has 1 aromatic carbocycles. The summed E-state index contributed by atoms with van der Waals surface area (Å²) < 4.78 is 15.5. The van der Waals surface area contributed by atoms with Crippen LogP contribution in [0, 0.1) is 11.7 Å². The summed E-state index contributed by atoms with van der Waals surface area (Å²) >= 11 is 0. The first-order valence-electron chi connectivity index (χ1n) is 8.73. The second kappa shape index (κ2) is 11.2. The third-order valence-corrected chi connectivity index (χ3v) is 3.74. The van der Waals surface area contributed by atoms with E-state index in [4.69, 9.17) is 4.99 Å². The molecule has 0 aliphatic carbocycles. The Balaban J connectivity index is 0.00000338. The van der Waals surface area contributed by atoms with Crippen LogP contribution in [0.5, 0.6) is 0 Å². The molecule has 0 aliphatic rings. The number of nitrogens with zero attached hydrogens (tertiary/aromatic N) is 4. The molecule has 2 aromatic rings. The van der Waals surface area contributed by atoms with Crippen molar-refractivity contribution in [2.24, 2.45) is 10.9 Å². The van der Waals surface area contributed by atoms with Gasteiger partial charge in [-0.2, -0.15) is 0 Å². The van der Waals surface area contributed by atoms with Crippen molar-refractivity contribution in [1.29, 1.82) is 0 Å². The van der Waals surface area contributed by atoms with Crippen LogP contribution in [-0.2, 0) is 19.6 Å². The van der Waals surface area contributed by atoms with E-state index in [-0.39, 0.29) is 29.8 Å². The van der Waals surface area contributed by atoms with Crippen molar-refractivity contribution in [2.75, 3.05) is 13.6 Å². The standard InChI is InChI=1S/C19H28FN5.HI/c1-5-21-19(24(4)14-16-7-6-8-17(20)11-16)23-12-18-22-9-10-25(18)13-15(2)3;/h6-11,15H,5,12-14H2,1-4H3,(H,21,23);1H. The fourth-order valence-electron chi connectivity index (χ4n) is 2.65.